The molecule has 1 heterocycles. The van der Waals surface area contributed by atoms with E-state index in [1.165, 1.54) is 44.4 Å². The molecule has 0 saturated heterocycles. The van der Waals surface area contributed by atoms with Crippen molar-refractivity contribution in [2.24, 2.45) is 0 Å². The van der Waals surface area contributed by atoms with Gasteiger partial charge in [-0.25, -0.2) is 4.68 Å². The van der Waals surface area contributed by atoms with Crippen LogP contribution in [0.5, 0.6) is 11.5 Å². The fourth-order valence-electron chi connectivity index (χ4n) is 2.75. The second-order valence-electron chi connectivity index (χ2n) is 6.44. The molecule has 31 heavy (non-hydrogen) atoms. The zero-order valence-electron chi connectivity index (χ0n) is 16.5. The molecule has 1 aromatic heterocycles. The highest BCUT2D eigenvalue weighted by atomic mass is 19.4. The number of para-hydroxylation sites is 2. The Morgan fingerprint density at radius 2 is 1.74 bits per heavy atom. The molecule has 7 nitrogen and oxygen atoms in total. The summed E-state index contributed by atoms with van der Waals surface area (Å²) in [5, 5.41) is 6.59. The number of rotatable bonds is 6. The zero-order valence-corrected chi connectivity index (χ0v) is 16.5. The minimum atomic E-state index is -4.92. The number of ether oxygens (including phenoxy) is 2. The number of alkyl halides is 3. The van der Waals surface area contributed by atoms with Crippen LogP contribution in [0.2, 0.25) is 0 Å². The molecule has 3 aromatic rings. The molecule has 0 aliphatic rings. The molecule has 0 spiro atoms. The third-order valence-corrected chi connectivity index (χ3v) is 4.33. The second kappa shape index (κ2) is 8.90. The van der Waals surface area contributed by atoms with Crippen LogP contribution in [-0.2, 0) is 4.79 Å². The summed E-state index contributed by atoms with van der Waals surface area (Å²) in [4.78, 5) is 24.9. The smallest absolute Gasteiger partial charge is 0.497 e. The molecular weight excluding hydrogens is 415 g/mol. The Morgan fingerprint density at radius 1 is 1.06 bits per heavy atom. The molecule has 0 fully saturated rings. The number of hydrogen-bond acceptors (Lipinski definition) is 5. The molecule has 1 amide bonds. The first kappa shape index (κ1) is 21.9. The summed E-state index contributed by atoms with van der Waals surface area (Å²) < 4.78 is 47.8. The van der Waals surface area contributed by atoms with Crippen molar-refractivity contribution in [2.45, 2.75) is 19.3 Å². The molecule has 1 N–H and O–H groups in total. The molecule has 3 rings (SSSR count). The number of hydrogen-bond donors (Lipinski definition) is 1. The van der Waals surface area contributed by atoms with Crippen molar-refractivity contribution < 1.29 is 27.4 Å². The molecule has 0 aliphatic carbocycles. The number of amides is 1. The summed E-state index contributed by atoms with van der Waals surface area (Å²) in [6, 6.07) is 13.7. The summed E-state index contributed by atoms with van der Waals surface area (Å²) in [5.74, 6) is -0.660. The predicted octanol–water partition coefficient (Wildman–Crippen LogP) is 4.02. The molecule has 1 atom stereocenters. The van der Waals surface area contributed by atoms with Gasteiger partial charge in [0.05, 0.1) is 18.5 Å². The van der Waals surface area contributed by atoms with Gasteiger partial charge in [-0.2, -0.15) is 5.10 Å². The maximum atomic E-state index is 12.7. The van der Waals surface area contributed by atoms with E-state index in [0.717, 1.165) is 10.7 Å². The molecule has 1 unspecified atom stereocenters. The van der Waals surface area contributed by atoms with Crippen molar-refractivity contribution in [1.29, 1.82) is 0 Å². The molecule has 0 saturated carbocycles. The number of carbonyl (C=O) groups is 1. The van der Waals surface area contributed by atoms with Crippen molar-refractivity contribution in [1.82, 2.24) is 9.78 Å². The summed E-state index contributed by atoms with van der Waals surface area (Å²) in [6.07, 6.45) is -4.92. The molecule has 10 heteroatoms. The lowest BCUT2D eigenvalue weighted by atomic mass is 10.1. The number of benzene rings is 2. The van der Waals surface area contributed by atoms with Gasteiger partial charge in [0.15, 0.2) is 5.75 Å². The lowest BCUT2D eigenvalue weighted by Crippen LogP contribution is -2.33. The van der Waals surface area contributed by atoms with Crippen LogP contribution >= 0.6 is 0 Å². The minimum Gasteiger partial charge on any atom is -0.497 e. The number of aromatic nitrogens is 2. The lowest BCUT2D eigenvalue weighted by Gasteiger charge is -2.17. The molecule has 2 aromatic carbocycles. The number of carbonyl (C=O) groups excluding carboxylic acids is 1. The molecule has 0 aliphatic heterocycles. The molecule has 162 valence electrons. The fraction of sp³-hybridized carbons (Fsp3) is 0.190. The van der Waals surface area contributed by atoms with Crippen LogP contribution in [0.4, 0.5) is 18.9 Å². The maximum Gasteiger partial charge on any atom is 0.573 e. The van der Waals surface area contributed by atoms with Crippen LogP contribution in [0.15, 0.2) is 65.5 Å². The summed E-state index contributed by atoms with van der Waals surface area (Å²) >= 11 is 0. The van der Waals surface area contributed by atoms with Crippen LogP contribution in [0.1, 0.15) is 13.0 Å². The first-order chi connectivity index (χ1) is 14.7. The second-order valence-corrected chi connectivity index (χ2v) is 6.44. The number of nitrogens with zero attached hydrogens (tertiary/aromatic N) is 2. The number of nitrogens with one attached hydrogen (secondary N) is 1. The van der Waals surface area contributed by atoms with Gasteiger partial charge in [-0.05, 0) is 49.4 Å². The van der Waals surface area contributed by atoms with Gasteiger partial charge in [0.2, 0.25) is 5.91 Å². The van der Waals surface area contributed by atoms with E-state index in [4.69, 9.17) is 4.74 Å². The van der Waals surface area contributed by atoms with E-state index in [1.54, 1.807) is 24.3 Å². The van der Waals surface area contributed by atoms with Crippen molar-refractivity contribution >= 4 is 11.6 Å². The summed E-state index contributed by atoms with van der Waals surface area (Å²) in [6.45, 7) is 1.41. The van der Waals surface area contributed by atoms with E-state index in [9.17, 15) is 22.8 Å². The van der Waals surface area contributed by atoms with E-state index in [1.807, 2.05) is 0 Å². The van der Waals surface area contributed by atoms with Crippen molar-refractivity contribution in [3.05, 3.63) is 71.0 Å². The third kappa shape index (κ3) is 5.41. The Morgan fingerprint density at radius 3 is 2.39 bits per heavy atom. The van der Waals surface area contributed by atoms with E-state index in [2.05, 4.69) is 15.2 Å². The normalized spacial score (nSPS) is 12.2. The van der Waals surface area contributed by atoms with Crippen molar-refractivity contribution in [2.75, 3.05) is 12.4 Å². The monoisotopic (exact) mass is 433 g/mol. The van der Waals surface area contributed by atoms with Gasteiger partial charge in [-0.1, -0.05) is 12.1 Å². The molecule has 0 bridgehead atoms. The van der Waals surface area contributed by atoms with Crippen LogP contribution in [0.3, 0.4) is 0 Å². The average molecular weight is 433 g/mol. The van der Waals surface area contributed by atoms with Crippen molar-refractivity contribution in [3.8, 4) is 22.8 Å². The first-order valence-corrected chi connectivity index (χ1v) is 9.08. The SMILES string of the molecule is COc1ccc(-c2ccc(=O)n(C(C)C(=O)Nc3ccccc3OC(F)(F)F)n2)cc1. The Kier molecular flexibility index (Phi) is 6.28. The van der Waals surface area contributed by atoms with Gasteiger partial charge >= 0.3 is 6.36 Å². The van der Waals surface area contributed by atoms with Gasteiger partial charge < -0.3 is 14.8 Å². The van der Waals surface area contributed by atoms with Crippen LogP contribution in [0, 0.1) is 0 Å². The Labute approximate surface area is 175 Å². The van der Waals surface area contributed by atoms with E-state index < -0.39 is 29.6 Å². The van der Waals surface area contributed by atoms with E-state index >= 15 is 0 Å². The standard InChI is InChI=1S/C21H18F3N3O4/c1-13(20(29)25-17-5-3-4-6-18(17)31-21(22,23)24)27-19(28)12-11-16(26-27)14-7-9-15(30-2)10-8-14/h3-13H,1-2H3,(H,25,29). The summed E-state index contributed by atoms with van der Waals surface area (Å²) in [5.41, 5.74) is 0.393. The largest absolute Gasteiger partial charge is 0.573 e. The van der Waals surface area contributed by atoms with Gasteiger partial charge in [0, 0.05) is 11.6 Å². The van der Waals surface area contributed by atoms with Gasteiger partial charge in [0.1, 0.15) is 11.8 Å². The topological polar surface area (TPSA) is 82.5 Å². The molecule has 0 radical (unpaired) electrons. The highest BCUT2D eigenvalue weighted by molar-refractivity contribution is 5.94. The lowest BCUT2D eigenvalue weighted by molar-refractivity contribution is -0.274. The number of methoxy groups -OCH3 is 1. The molecular formula is C21H18F3N3O4. The van der Waals surface area contributed by atoms with Crippen LogP contribution < -0.4 is 20.3 Å². The van der Waals surface area contributed by atoms with E-state index in [0.29, 0.717) is 17.0 Å². The Balaban J connectivity index is 1.85. The highest BCUT2D eigenvalue weighted by Gasteiger charge is 2.32. The van der Waals surface area contributed by atoms with Crippen LogP contribution in [0.25, 0.3) is 11.3 Å². The van der Waals surface area contributed by atoms with E-state index in [-0.39, 0.29) is 5.69 Å². The Hall–Kier alpha value is -3.82. The maximum absolute atomic E-state index is 12.7. The van der Waals surface area contributed by atoms with Gasteiger partial charge in [-0.15, -0.1) is 13.2 Å². The van der Waals surface area contributed by atoms with Gasteiger partial charge in [0.25, 0.3) is 5.56 Å². The quantitative estimate of drug-likeness (QED) is 0.635. The van der Waals surface area contributed by atoms with Crippen molar-refractivity contribution in [3.63, 3.8) is 0 Å². The Bertz CT molecular complexity index is 1130. The van der Waals surface area contributed by atoms with Gasteiger partial charge in [-0.3, -0.25) is 9.59 Å². The zero-order chi connectivity index (χ0) is 22.6. The highest BCUT2D eigenvalue weighted by Crippen LogP contribution is 2.30. The third-order valence-electron chi connectivity index (χ3n) is 4.33. The number of anilines is 1. The first-order valence-electron chi connectivity index (χ1n) is 9.08. The minimum absolute atomic E-state index is 0.184. The summed E-state index contributed by atoms with van der Waals surface area (Å²) in [7, 11) is 1.53. The predicted molar refractivity (Wildman–Crippen MR) is 107 cm³/mol. The average Bonchev–Trinajstić information content (AvgIpc) is 2.74. The van der Waals surface area contributed by atoms with Crippen LogP contribution in [-0.4, -0.2) is 29.2 Å². The fourth-order valence-corrected chi connectivity index (χ4v) is 2.75. The number of halogens is 3.